The van der Waals surface area contributed by atoms with Crippen LogP contribution in [-0.4, -0.2) is 26.4 Å². The number of para-hydroxylation sites is 1. The largest absolute Gasteiger partial charge is 0.324 e. The van der Waals surface area contributed by atoms with E-state index in [1.165, 1.54) is 23.9 Å². The molecule has 1 N–H and O–H groups in total. The zero-order valence-corrected chi connectivity index (χ0v) is 17.3. The Morgan fingerprint density at radius 3 is 2.69 bits per heavy atom. The molecule has 0 aliphatic rings. The van der Waals surface area contributed by atoms with Gasteiger partial charge in [-0.3, -0.25) is 9.36 Å². The lowest BCUT2D eigenvalue weighted by Gasteiger charge is -2.10. The third-order valence-corrected chi connectivity index (χ3v) is 6.03. The van der Waals surface area contributed by atoms with E-state index in [1.807, 2.05) is 52.4 Å². The Morgan fingerprint density at radius 1 is 1.14 bits per heavy atom. The van der Waals surface area contributed by atoms with Gasteiger partial charge in [-0.2, -0.15) is 0 Å². The predicted octanol–water partition coefficient (Wildman–Crippen LogP) is 5.52. The van der Waals surface area contributed by atoms with Crippen LogP contribution in [0.25, 0.3) is 16.4 Å². The third kappa shape index (κ3) is 4.50. The molecule has 0 aliphatic carbocycles. The molecule has 146 valence electrons. The summed E-state index contributed by atoms with van der Waals surface area (Å²) < 4.78 is 15.1. The van der Waals surface area contributed by atoms with Crippen molar-refractivity contribution in [1.82, 2.24) is 14.8 Å². The Morgan fingerprint density at radius 2 is 1.97 bits per heavy atom. The summed E-state index contributed by atoms with van der Waals surface area (Å²) in [5.74, 6) is 0.0854. The van der Waals surface area contributed by atoms with Crippen molar-refractivity contribution in [3.05, 3.63) is 76.9 Å². The molecule has 2 heterocycles. The molecule has 2 aromatic carbocycles. The van der Waals surface area contributed by atoms with Gasteiger partial charge >= 0.3 is 0 Å². The highest BCUT2D eigenvalue weighted by molar-refractivity contribution is 7.99. The topological polar surface area (TPSA) is 59.8 Å². The fourth-order valence-corrected chi connectivity index (χ4v) is 4.31. The molecule has 0 aliphatic heterocycles. The Balaban J connectivity index is 1.55. The molecule has 1 amide bonds. The van der Waals surface area contributed by atoms with Gasteiger partial charge in [-0.25, -0.2) is 4.39 Å². The molecule has 0 fully saturated rings. The zero-order valence-electron chi connectivity index (χ0n) is 14.9. The first-order valence-electron chi connectivity index (χ1n) is 8.54. The predicted molar refractivity (Wildman–Crippen MR) is 115 cm³/mol. The minimum Gasteiger partial charge on any atom is -0.324 e. The van der Waals surface area contributed by atoms with E-state index in [0.29, 0.717) is 10.8 Å². The Labute approximate surface area is 179 Å². The molecular weight excluding hydrogens is 431 g/mol. The molecule has 5 nitrogen and oxygen atoms in total. The van der Waals surface area contributed by atoms with Crippen LogP contribution >= 0.6 is 34.7 Å². The van der Waals surface area contributed by atoms with E-state index in [9.17, 15) is 9.18 Å². The molecule has 0 saturated heterocycles. The van der Waals surface area contributed by atoms with Crippen LogP contribution in [0.5, 0.6) is 0 Å². The van der Waals surface area contributed by atoms with E-state index >= 15 is 0 Å². The zero-order chi connectivity index (χ0) is 20.2. The molecule has 0 bridgehead atoms. The second-order valence-corrected chi connectivity index (χ2v) is 8.21. The number of thioether (sulfide) groups is 1. The fraction of sp³-hybridized carbons (Fsp3) is 0.0500. The molecule has 2 aromatic heterocycles. The van der Waals surface area contributed by atoms with E-state index in [-0.39, 0.29) is 16.7 Å². The molecule has 29 heavy (non-hydrogen) atoms. The van der Waals surface area contributed by atoms with Crippen molar-refractivity contribution in [3.8, 4) is 16.4 Å². The lowest BCUT2D eigenvalue weighted by Crippen LogP contribution is -2.15. The maximum absolute atomic E-state index is 13.2. The normalized spacial score (nSPS) is 10.8. The van der Waals surface area contributed by atoms with Gasteiger partial charge in [-0.05, 0) is 41.8 Å². The summed E-state index contributed by atoms with van der Waals surface area (Å²) in [4.78, 5) is 13.3. The van der Waals surface area contributed by atoms with Crippen LogP contribution in [0, 0.1) is 5.82 Å². The van der Waals surface area contributed by atoms with Gasteiger partial charge in [0.05, 0.1) is 21.3 Å². The first-order chi connectivity index (χ1) is 14.1. The highest BCUT2D eigenvalue weighted by atomic mass is 35.5. The smallest absolute Gasteiger partial charge is 0.234 e. The number of thiophene rings is 1. The lowest BCUT2D eigenvalue weighted by atomic mass is 10.3. The quantitative estimate of drug-likeness (QED) is 0.398. The Kier molecular flexibility index (Phi) is 5.94. The molecule has 0 unspecified atom stereocenters. The minimum atomic E-state index is -0.459. The molecule has 4 rings (SSSR count). The van der Waals surface area contributed by atoms with Gasteiger partial charge in [0.2, 0.25) is 5.91 Å². The highest BCUT2D eigenvalue weighted by Gasteiger charge is 2.18. The van der Waals surface area contributed by atoms with Crippen LogP contribution < -0.4 is 5.32 Å². The van der Waals surface area contributed by atoms with E-state index in [2.05, 4.69) is 15.5 Å². The van der Waals surface area contributed by atoms with Crippen molar-refractivity contribution in [2.75, 3.05) is 11.1 Å². The number of rotatable bonds is 6. The molecule has 0 radical (unpaired) electrons. The SMILES string of the molecule is O=C(CSc1nnc(-c2cccs2)n1-c1ccccc1)Nc1ccc(F)cc1Cl. The van der Waals surface area contributed by atoms with Crippen LogP contribution in [-0.2, 0) is 4.79 Å². The average Bonchev–Trinajstić information content (AvgIpc) is 3.38. The average molecular weight is 445 g/mol. The maximum atomic E-state index is 13.2. The second kappa shape index (κ2) is 8.77. The first kappa shape index (κ1) is 19.6. The Hall–Kier alpha value is -2.68. The fourth-order valence-electron chi connectivity index (χ4n) is 2.65. The number of halogens is 2. The number of nitrogens with one attached hydrogen (secondary N) is 1. The highest BCUT2D eigenvalue weighted by Crippen LogP contribution is 2.30. The van der Waals surface area contributed by atoms with E-state index in [1.54, 1.807) is 11.3 Å². The molecule has 9 heteroatoms. The summed E-state index contributed by atoms with van der Waals surface area (Å²) in [6.07, 6.45) is 0. The number of carbonyl (C=O) groups is 1. The van der Waals surface area contributed by atoms with Gasteiger partial charge in [0, 0.05) is 5.69 Å². The van der Waals surface area contributed by atoms with Crippen molar-refractivity contribution in [3.63, 3.8) is 0 Å². The summed E-state index contributed by atoms with van der Waals surface area (Å²) in [5.41, 5.74) is 1.27. The van der Waals surface area contributed by atoms with Crippen molar-refractivity contribution in [1.29, 1.82) is 0 Å². The summed E-state index contributed by atoms with van der Waals surface area (Å²) in [6.45, 7) is 0. The van der Waals surface area contributed by atoms with E-state index in [0.717, 1.165) is 22.5 Å². The monoisotopic (exact) mass is 444 g/mol. The van der Waals surface area contributed by atoms with Crippen LogP contribution in [0.1, 0.15) is 0 Å². The number of carbonyl (C=O) groups excluding carboxylic acids is 1. The van der Waals surface area contributed by atoms with Gasteiger partial charge in [0.25, 0.3) is 0 Å². The number of amides is 1. The van der Waals surface area contributed by atoms with E-state index in [4.69, 9.17) is 11.6 Å². The van der Waals surface area contributed by atoms with Crippen molar-refractivity contribution < 1.29 is 9.18 Å². The maximum Gasteiger partial charge on any atom is 0.234 e. The number of hydrogen-bond donors (Lipinski definition) is 1. The minimum absolute atomic E-state index is 0.100. The number of nitrogens with zero attached hydrogens (tertiary/aromatic N) is 3. The summed E-state index contributed by atoms with van der Waals surface area (Å²) in [6, 6.07) is 17.5. The molecule has 4 aromatic rings. The summed E-state index contributed by atoms with van der Waals surface area (Å²) in [7, 11) is 0. The van der Waals surface area contributed by atoms with Gasteiger partial charge < -0.3 is 5.32 Å². The number of benzene rings is 2. The lowest BCUT2D eigenvalue weighted by molar-refractivity contribution is -0.113. The van der Waals surface area contributed by atoms with Crippen LogP contribution in [0.2, 0.25) is 5.02 Å². The number of hydrogen-bond acceptors (Lipinski definition) is 5. The Bertz CT molecular complexity index is 1130. The van der Waals surface area contributed by atoms with Crippen LogP contribution in [0.3, 0.4) is 0 Å². The van der Waals surface area contributed by atoms with Crippen molar-refractivity contribution in [2.45, 2.75) is 5.16 Å². The first-order valence-corrected chi connectivity index (χ1v) is 10.8. The van der Waals surface area contributed by atoms with E-state index < -0.39 is 5.82 Å². The second-order valence-electron chi connectivity index (χ2n) is 5.92. The van der Waals surface area contributed by atoms with Crippen molar-refractivity contribution >= 4 is 46.3 Å². The molecule has 0 saturated carbocycles. The molecular formula is C20H14ClFN4OS2. The molecule has 0 spiro atoms. The van der Waals surface area contributed by atoms with Gasteiger partial charge in [-0.1, -0.05) is 47.6 Å². The van der Waals surface area contributed by atoms with Gasteiger partial charge in [0.15, 0.2) is 11.0 Å². The molecule has 0 atom stereocenters. The van der Waals surface area contributed by atoms with Crippen molar-refractivity contribution in [2.24, 2.45) is 0 Å². The van der Waals surface area contributed by atoms with Gasteiger partial charge in [-0.15, -0.1) is 21.5 Å². The number of anilines is 1. The van der Waals surface area contributed by atoms with Gasteiger partial charge in [0.1, 0.15) is 5.82 Å². The third-order valence-electron chi connectivity index (χ3n) is 3.93. The summed E-state index contributed by atoms with van der Waals surface area (Å²) in [5, 5.41) is 14.0. The summed E-state index contributed by atoms with van der Waals surface area (Å²) >= 11 is 8.80. The standard InChI is InChI=1S/C20H14ClFN4OS2/c21-15-11-13(22)8-9-16(15)23-18(27)12-29-20-25-24-19(17-7-4-10-28-17)26(20)14-5-2-1-3-6-14/h1-11H,12H2,(H,23,27). The van der Waals surface area contributed by atoms with Crippen LogP contribution in [0.15, 0.2) is 71.2 Å². The van der Waals surface area contributed by atoms with Crippen LogP contribution in [0.4, 0.5) is 10.1 Å². The number of aromatic nitrogens is 3.